The third-order valence-corrected chi connectivity index (χ3v) is 5.67. The second-order valence-electron chi connectivity index (χ2n) is 7.58. The summed E-state index contributed by atoms with van der Waals surface area (Å²) >= 11 is 3.38. The molecule has 11 heteroatoms. The minimum absolute atomic E-state index is 0.0267. The molecule has 1 amide bonds. The van der Waals surface area contributed by atoms with Crippen molar-refractivity contribution in [3.8, 4) is 5.75 Å². The predicted octanol–water partition coefficient (Wildman–Crippen LogP) is 4.70. The zero-order valence-corrected chi connectivity index (χ0v) is 20.0. The van der Waals surface area contributed by atoms with Gasteiger partial charge in [-0.25, -0.2) is 4.68 Å². The monoisotopic (exact) mass is 524 g/mol. The van der Waals surface area contributed by atoms with Crippen LogP contribution in [-0.4, -0.2) is 30.4 Å². The minimum atomic E-state index is -0.420. The number of nitrogens with one attached hydrogen (secondary N) is 1. The average molecular weight is 525 g/mol. The van der Waals surface area contributed by atoms with Crippen LogP contribution in [0.2, 0.25) is 0 Å². The van der Waals surface area contributed by atoms with E-state index in [0.29, 0.717) is 34.9 Å². The third kappa shape index (κ3) is 5.31. The summed E-state index contributed by atoms with van der Waals surface area (Å²) in [6.07, 6.45) is 3.23. The first kappa shape index (κ1) is 23.2. The number of amides is 1. The van der Waals surface area contributed by atoms with Crippen molar-refractivity contribution < 1.29 is 14.5 Å². The van der Waals surface area contributed by atoms with Gasteiger partial charge in [0.2, 0.25) is 0 Å². The number of hydrogen-bond donors (Lipinski definition) is 1. The average Bonchev–Trinajstić information content (AvgIpc) is 3.37. The lowest BCUT2D eigenvalue weighted by Gasteiger charge is -2.07. The molecular weight excluding hydrogens is 504 g/mol. The summed E-state index contributed by atoms with van der Waals surface area (Å²) in [4.78, 5) is 23.4. The Morgan fingerprint density at radius 1 is 1.15 bits per heavy atom. The molecule has 0 atom stereocenters. The fourth-order valence-corrected chi connectivity index (χ4v) is 3.68. The Bertz CT molecular complexity index is 1330. The Morgan fingerprint density at radius 3 is 2.50 bits per heavy atom. The Hall–Kier alpha value is -3.99. The van der Waals surface area contributed by atoms with Gasteiger partial charge in [0, 0.05) is 10.0 Å². The number of anilines is 1. The Morgan fingerprint density at radius 2 is 1.85 bits per heavy atom. The van der Waals surface area contributed by atoms with E-state index >= 15 is 0 Å². The van der Waals surface area contributed by atoms with Crippen LogP contribution in [0.1, 0.15) is 27.3 Å². The van der Waals surface area contributed by atoms with Crippen LogP contribution in [0.3, 0.4) is 0 Å². The van der Waals surface area contributed by atoms with Gasteiger partial charge in [0.15, 0.2) is 6.73 Å². The molecule has 0 aliphatic carbocycles. The molecule has 0 saturated heterocycles. The van der Waals surface area contributed by atoms with Crippen LogP contribution >= 0.6 is 15.9 Å². The molecule has 34 heavy (non-hydrogen) atoms. The fraction of sp³-hybridized carbons (Fsp3) is 0.174. The number of hydrogen-bond acceptors (Lipinski definition) is 6. The summed E-state index contributed by atoms with van der Waals surface area (Å²) in [7, 11) is 0. The molecule has 0 spiro atoms. The number of halogens is 1. The largest absolute Gasteiger partial charge is 0.471 e. The molecule has 1 N–H and O–H groups in total. The molecule has 0 aliphatic rings. The van der Waals surface area contributed by atoms with Gasteiger partial charge in [-0.3, -0.25) is 19.6 Å². The van der Waals surface area contributed by atoms with Gasteiger partial charge in [0.25, 0.3) is 5.91 Å². The van der Waals surface area contributed by atoms with Crippen molar-refractivity contribution in [3.63, 3.8) is 0 Å². The quantitative estimate of drug-likeness (QED) is 0.263. The number of aryl methyl sites for hydroxylation is 1. The highest BCUT2D eigenvalue weighted by Gasteiger charge is 2.21. The first-order valence-corrected chi connectivity index (χ1v) is 11.1. The van der Waals surface area contributed by atoms with Crippen molar-refractivity contribution in [2.75, 3.05) is 5.32 Å². The molecule has 2 heterocycles. The SMILES string of the molecule is Cc1nn(Cc2ccc(C(=O)Nc3cnn(COc4ccc(Br)cc4)c3)cc2)c(C)c1[N+](=O)[O-]. The highest BCUT2D eigenvalue weighted by Crippen LogP contribution is 2.23. The number of ether oxygens (including phenoxy) is 1. The molecule has 0 bridgehead atoms. The van der Waals surface area contributed by atoms with Crippen molar-refractivity contribution in [2.45, 2.75) is 27.1 Å². The van der Waals surface area contributed by atoms with E-state index in [4.69, 9.17) is 4.74 Å². The molecule has 0 fully saturated rings. The maximum absolute atomic E-state index is 12.6. The number of carbonyl (C=O) groups excluding carboxylic acids is 1. The second-order valence-corrected chi connectivity index (χ2v) is 8.50. The summed E-state index contributed by atoms with van der Waals surface area (Å²) in [5.41, 5.74) is 2.78. The molecule has 2 aromatic carbocycles. The van der Waals surface area contributed by atoms with Crippen molar-refractivity contribution in [2.24, 2.45) is 0 Å². The topological polar surface area (TPSA) is 117 Å². The van der Waals surface area contributed by atoms with E-state index in [2.05, 4.69) is 31.4 Å². The van der Waals surface area contributed by atoms with E-state index in [-0.39, 0.29) is 18.3 Å². The van der Waals surface area contributed by atoms with Gasteiger partial charge in [0.1, 0.15) is 17.1 Å². The number of carbonyl (C=O) groups is 1. The number of rotatable bonds is 8. The Kier molecular flexibility index (Phi) is 6.73. The van der Waals surface area contributed by atoms with Crippen LogP contribution in [0, 0.1) is 24.0 Å². The normalized spacial score (nSPS) is 10.8. The van der Waals surface area contributed by atoms with Crippen molar-refractivity contribution in [3.05, 3.63) is 98.0 Å². The minimum Gasteiger partial charge on any atom is -0.471 e. The van der Waals surface area contributed by atoms with Crippen LogP contribution in [0.15, 0.2) is 65.4 Å². The first-order valence-electron chi connectivity index (χ1n) is 10.3. The fourth-order valence-electron chi connectivity index (χ4n) is 3.41. The summed E-state index contributed by atoms with van der Waals surface area (Å²) in [6, 6.07) is 14.5. The molecule has 4 aromatic rings. The highest BCUT2D eigenvalue weighted by atomic mass is 79.9. The summed E-state index contributed by atoms with van der Waals surface area (Å²) in [5, 5.41) is 22.4. The molecule has 4 rings (SSSR count). The van der Waals surface area contributed by atoms with Crippen LogP contribution < -0.4 is 10.1 Å². The number of nitro groups is 1. The van der Waals surface area contributed by atoms with E-state index < -0.39 is 4.92 Å². The van der Waals surface area contributed by atoms with Crippen LogP contribution in [0.25, 0.3) is 0 Å². The lowest BCUT2D eigenvalue weighted by atomic mass is 10.1. The Labute approximate surface area is 203 Å². The van der Waals surface area contributed by atoms with Gasteiger partial charge in [0.05, 0.1) is 29.5 Å². The molecule has 0 unspecified atom stereocenters. The number of benzene rings is 2. The van der Waals surface area contributed by atoms with Crippen molar-refractivity contribution in [1.82, 2.24) is 19.6 Å². The van der Waals surface area contributed by atoms with E-state index in [0.717, 1.165) is 10.0 Å². The van der Waals surface area contributed by atoms with Crippen LogP contribution in [0.4, 0.5) is 11.4 Å². The van der Waals surface area contributed by atoms with Crippen molar-refractivity contribution in [1.29, 1.82) is 0 Å². The van der Waals surface area contributed by atoms with Crippen LogP contribution in [0.5, 0.6) is 5.75 Å². The molecule has 0 radical (unpaired) electrons. The summed E-state index contributed by atoms with van der Waals surface area (Å²) in [6.45, 7) is 3.86. The van der Waals surface area contributed by atoms with E-state index in [1.54, 1.807) is 59.9 Å². The second kappa shape index (κ2) is 9.87. The van der Waals surface area contributed by atoms with E-state index in [1.807, 2.05) is 24.3 Å². The summed E-state index contributed by atoms with van der Waals surface area (Å²) < 4.78 is 9.80. The smallest absolute Gasteiger partial charge is 0.312 e. The lowest BCUT2D eigenvalue weighted by molar-refractivity contribution is -0.386. The van der Waals surface area contributed by atoms with Gasteiger partial charge in [-0.1, -0.05) is 28.1 Å². The van der Waals surface area contributed by atoms with Crippen LogP contribution in [-0.2, 0) is 13.3 Å². The maximum Gasteiger partial charge on any atom is 0.312 e. The summed E-state index contributed by atoms with van der Waals surface area (Å²) in [5.74, 6) is 0.432. The zero-order chi connectivity index (χ0) is 24.2. The molecule has 2 aromatic heterocycles. The predicted molar refractivity (Wildman–Crippen MR) is 129 cm³/mol. The molecule has 10 nitrogen and oxygen atoms in total. The van der Waals surface area contributed by atoms with Gasteiger partial charge < -0.3 is 10.1 Å². The molecule has 174 valence electrons. The number of aromatic nitrogens is 4. The van der Waals surface area contributed by atoms with Gasteiger partial charge in [-0.2, -0.15) is 10.2 Å². The first-order chi connectivity index (χ1) is 16.3. The molecule has 0 aliphatic heterocycles. The van der Waals surface area contributed by atoms with E-state index in [9.17, 15) is 14.9 Å². The van der Waals surface area contributed by atoms with E-state index in [1.165, 1.54) is 0 Å². The van der Waals surface area contributed by atoms with Gasteiger partial charge in [-0.15, -0.1) is 0 Å². The highest BCUT2D eigenvalue weighted by molar-refractivity contribution is 9.10. The number of nitrogens with zero attached hydrogens (tertiary/aromatic N) is 5. The van der Waals surface area contributed by atoms with Crippen molar-refractivity contribution >= 4 is 33.2 Å². The van der Waals surface area contributed by atoms with Gasteiger partial charge in [-0.05, 0) is 55.8 Å². The van der Waals surface area contributed by atoms with Gasteiger partial charge >= 0.3 is 5.69 Å². The Balaban J connectivity index is 1.35. The third-order valence-electron chi connectivity index (χ3n) is 5.14. The lowest BCUT2D eigenvalue weighted by Crippen LogP contribution is -2.12. The zero-order valence-electron chi connectivity index (χ0n) is 18.4. The molecule has 0 saturated carbocycles. The standard InChI is InChI=1S/C23H21BrN6O4/c1-15-22(30(32)33)16(2)29(27-15)12-17-3-5-18(6-4-17)23(31)26-20-11-25-28(13-20)14-34-21-9-7-19(24)8-10-21/h3-11,13H,12,14H2,1-2H3,(H,26,31). The molecular formula is C23H21BrN6O4. The maximum atomic E-state index is 12.6.